The van der Waals surface area contributed by atoms with Gasteiger partial charge in [-0.15, -0.1) is 5.10 Å². The van der Waals surface area contributed by atoms with E-state index in [9.17, 15) is 0 Å². The summed E-state index contributed by atoms with van der Waals surface area (Å²) in [5.74, 6) is 1.93. The minimum Gasteiger partial charge on any atom is -0.497 e. The molecule has 2 rings (SSSR count). The van der Waals surface area contributed by atoms with Gasteiger partial charge in [-0.2, -0.15) is 5.10 Å². The van der Waals surface area contributed by atoms with Gasteiger partial charge in [0.1, 0.15) is 12.4 Å². The summed E-state index contributed by atoms with van der Waals surface area (Å²) in [6.45, 7) is 0.418. The largest absolute Gasteiger partial charge is 0.497 e. The molecule has 0 unspecified atom stereocenters. The molecule has 7 heteroatoms. The second-order valence-corrected chi connectivity index (χ2v) is 4.82. The number of nitrogens with zero attached hydrogens (tertiary/aromatic N) is 2. The Balaban J connectivity index is 2.06. The van der Waals surface area contributed by atoms with E-state index in [2.05, 4.69) is 10.2 Å². The number of hydrogen-bond acceptors (Lipinski definition) is 5. The molecule has 0 saturated carbocycles. The van der Waals surface area contributed by atoms with E-state index >= 15 is 0 Å². The van der Waals surface area contributed by atoms with Crippen molar-refractivity contribution in [3.63, 3.8) is 0 Å². The molecule has 0 atom stereocenters. The highest BCUT2D eigenvalue weighted by molar-refractivity contribution is 5.82. The lowest BCUT2D eigenvalue weighted by Crippen LogP contribution is -2.21. The zero-order valence-corrected chi connectivity index (χ0v) is 13.6. The van der Waals surface area contributed by atoms with Crippen LogP contribution in [0.15, 0.2) is 52.7 Å². The summed E-state index contributed by atoms with van der Waals surface area (Å²) in [6.07, 6.45) is 1.52. The summed E-state index contributed by atoms with van der Waals surface area (Å²) < 4.78 is 16.3. The monoisotopic (exact) mass is 328 g/mol. The normalized spacial score (nSPS) is 10.4. The quantitative estimate of drug-likeness (QED) is 0.459. The number of ether oxygens (including phenoxy) is 3. The molecule has 24 heavy (non-hydrogen) atoms. The van der Waals surface area contributed by atoms with Crippen molar-refractivity contribution in [3.05, 3.63) is 53.6 Å². The Bertz CT molecular complexity index is 723. The van der Waals surface area contributed by atoms with Crippen molar-refractivity contribution in [2.75, 3.05) is 14.2 Å². The van der Waals surface area contributed by atoms with Gasteiger partial charge >= 0.3 is 0 Å². The van der Waals surface area contributed by atoms with Gasteiger partial charge in [0.25, 0.3) is 0 Å². The van der Waals surface area contributed by atoms with Crippen molar-refractivity contribution in [3.8, 4) is 17.2 Å². The Hall–Kier alpha value is -3.22. The predicted molar refractivity (Wildman–Crippen MR) is 93.7 cm³/mol. The van der Waals surface area contributed by atoms with Crippen LogP contribution in [0.4, 0.5) is 0 Å². The molecule has 0 saturated heterocycles. The second-order valence-electron chi connectivity index (χ2n) is 4.82. The Labute approximate surface area is 140 Å². The van der Waals surface area contributed by atoms with Crippen LogP contribution in [-0.2, 0) is 6.61 Å². The molecule has 2 aromatic carbocycles. The van der Waals surface area contributed by atoms with Crippen molar-refractivity contribution in [1.82, 2.24) is 0 Å². The molecule has 0 aliphatic carbocycles. The van der Waals surface area contributed by atoms with Crippen LogP contribution in [0.3, 0.4) is 0 Å². The van der Waals surface area contributed by atoms with Gasteiger partial charge in [-0.1, -0.05) is 12.1 Å². The molecule has 7 nitrogen and oxygen atoms in total. The number of benzene rings is 2. The zero-order chi connectivity index (χ0) is 17.4. The average molecular weight is 328 g/mol. The SMILES string of the molecule is COc1ccc(COc2ccc(C=NN=C(N)N)cc2OC)cc1. The van der Waals surface area contributed by atoms with Crippen molar-refractivity contribution >= 4 is 12.2 Å². The van der Waals surface area contributed by atoms with E-state index in [1.54, 1.807) is 26.4 Å². The first kappa shape index (κ1) is 17.1. The molecule has 0 bridgehead atoms. The Kier molecular flexibility index (Phi) is 6.01. The molecule has 4 N–H and O–H groups in total. The molecule has 0 spiro atoms. The maximum atomic E-state index is 5.81. The van der Waals surface area contributed by atoms with Crippen LogP contribution in [-0.4, -0.2) is 26.4 Å². The zero-order valence-electron chi connectivity index (χ0n) is 13.6. The molecular formula is C17H20N4O3. The van der Waals surface area contributed by atoms with Gasteiger partial charge < -0.3 is 25.7 Å². The van der Waals surface area contributed by atoms with E-state index in [0.29, 0.717) is 18.1 Å². The minimum atomic E-state index is -0.0994. The lowest BCUT2D eigenvalue weighted by atomic mass is 10.2. The van der Waals surface area contributed by atoms with E-state index in [4.69, 9.17) is 25.7 Å². The van der Waals surface area contributed by atoms with Gasteiger partial charge in [-0.3, -0.25) is 0 Å². The maximum Gasteiger partial charge on any atom is 0.211 e. The second kappa shape index (κ2) is 8.42. The van der Waals surface area contributed by atoms with Crippen molar-refractivity contribution in [2.45, 2.75) is 6.61 Å². The van der Waals surface area contributed by atoms with Crippen LogP contribution >= 0.6 is 0 Å². The van der Waals surface area contributed by atoms with Gasteiger partial charge in [-0.05, 0) is 41.5 Å². The molecule has 2 aromatic rings. The molecule has 0 radical (unpaired) electrons. The third-order valence-corrected chi connectivity index (χ3v) is 3.12. The Morgan fingerprint density at radius 1 is 1.00 bits per heavy atom. The molecule has 126 valence electrons. The number of methoxy groups -OCH3 is 2. The third-order valence-electron chi connectivity index (χ3n) is 3.12. The van der Waals surface area contributed by atoms with E-state index in [1.165, 1.54) is 6.21 Å². The fraction of sp³-hybridized carbons (Fsp3) is 0.176. The van der Waals surface area contributed by atoms with Crippen molar-refractivity contribution < 1.29 is 14.2 Å². The molecule has 0 aliphatic heterocycles. The van der Waals surface area contributed by atoms with E-state index < -0.39 is 0 Å². The lowest BCUT2D eigenvalue weighted by molar-refractivity contribution is 0.284. The van der Waals surface area contributed by atoms with Crippen molar-refractivity contribution in [1.29, 1.82) is 0 Å². The highest BCUT2D eigenvalue weighted by Crippen LogP contribution is 2.28. The molecule has 0 aliphatic rings. The topological polar surface area (TPSA) is 104 Å². The van der Waals surface area contributed by atoms with Gasteiger partial charge in [0, 0.05) is 0 Å². The first-order valence-corrected chi connectivity index (χ1v) is 7.18. The first-order valence-electron chi connectivity index (χ1n) is 7.18. The van der Waals surface area contributed by atoms with Crippen LogP contribution in [0.25, 0.3) is 0 Å². The van der Waals surface area contributed by atoms with E-state index in [1.807, 2.05) is 30.3 Å². The number of rotatable bonds is 7. The van der Waals surface area contributed by atoms with Gasteiger partial charge in [0.15, 0.2) is 11.5 Å². The summed E-state index contributed by atoms with van der Waals surface area (Å²) >= 11 is 0. The summed E-state index contributed by atoms with van der Waals surface area (Å²) in [5, 5.41) is 7.31. The fourth-order valence-electron chi connectivity index (χ4n) is 1.93. The van der Waals surface area contributed by atoms with Crippen LogP contribution in [0.5, 0.6) is 17.2 Å². The van der Waals surface area contributed by atoms with Gasteiger partial charge in [0.2, 0.25) is 5.96 Å². The molecule has 0 amide bonds. The highest BCUT2D eigenvalue weighted by atomic mass is 16.5. The number of guanidine groups is 1. The smallest absolute Gasteiger partial charge is 0.211 e. The van der Waals surface area contributed by atoms with E-state index in [-0.39, 0.29) is 5.96 Å². The number of nitrogens with two attached hydrogens (primary N) is 2. The van der Waals surface area contributed by atoms with Crippen LogP contribution in [0, 0.1) is 0 Å². The molecular weight excluding hydrogens is 308 g/mol. The van der Waals surface area contributed by atoms with Gasteiger partial charge in [-0.25, -0.2) is 0 Å². The Morgan fingerprint density at radius 3 is 2.38 bits per heavy atom. The Morgan fingerprint density at radius 2 is 1.75 bits per heavy atom. The molecule has 0 heterocycles. The van der Waals surface area contributed by atoms with Crippen molar-refractivity contribution in [2.24, 2.45) is 21.7 Å². The summed E-state index contributed by atoms with van der Waals surface area (Å²) in [6, 6.07) is 13.1. The summed E-state index contributed by atoms with van der Waals surface area (Å²) in [7, 11) is 3.21. The third kappa shape index (κ3) is 4.91. The lowest BCUT2D eigenvalue weighted by Gasteiger charge is -2.11. The first-order chi connectivity index (χ1) is 11.6. The standard InChI is InChI=1S/C17H20N4O3/c1-22-14-6-3-12(4-7-14)11-24-15-8-5-13(9-16(15)23-2)10-20-21-17(18)19/h3-10H,11H2,1-2H3,(H4,18,19,21). The molecule has 0 aromatic heterocycles. The average Bonchev–Trinajstić information content (AvgIpc) is 2.60. The maximum absolute atomic E-state index is 5.81. The summed E-state index contributed by atoms with van der Waals surface area (Å²) in [4.78, 5) is 0. The van der Waals surface area contributed by atoms with Gasteiger partial charge in [0.05, 0.1) is 20.4 Å². The fourth-order valence-corrected chi connectivity index (χ4v) is 1.93. The number of hydrogen-bond donors (Lipinski definition) is 2. The molecule has 0 fully saturated rings. The predicted octanol–water partition coefficient (Wildman–Crippen LogP) is 1.89. The van der Waals surface area contributed by atoms with Crippen LogP contribution in [0.1, 0.15) is 11.1 Å². The highest BCUT2D eigenvalue weighted by Gasteiger charge is 2.06. The van der Waals surface area contributed by atoms with Crippen LogP contribution < -0.4 is 25.7 Å². The van der Waals surface area contributed by atoms with Crippen LogP contribution in [0.2, 0.25) is 0 Å². The summed E-state index contributed by atoms with van der Waals surface area (Å²) in [5.41, 5.74) is 12.2. The minimum absolute atomic E-state index is 0.0994. The van der Waals surface area contributed by atoms with E-state index in [0.717, 1.165) is 16.9 Å².